The second-order valence-electron chi connectivity index (χ2n) is 6.73. The fourth-order valence-corrected chi connectivity index (χ4v) is 3.15. The highest BCUT2D eigenvalue weighted by molar-refractivity contribution is 6.01. The molecule has 0 radical (unpaired) electrons. The number of rotatable bonds is 3. The van der Waals surface area contributed by atoms with Crippen LogP contribution in [0.15, 0.2) is 12.7 Å². The molecule has 112 valence electrons. The Labute approximate surface area is 120 Å². The van der Waals surface area contributed by atoms with Gasteiger partial charge in [0, 0.05) is 13.8 Å². The van der Waals surface area contributed by atoms with Crippen LogP contribution in [0.1, 0.15) is 52.9 Å². The van der Waals surface area contributed by atoms with Gasteiger partial charge in [0.2, 0.25) is 0 Å². The summed E-state index contributed by atoms with van der Waals surface area (Å²) in [4.78, 5) is 24.4. The lowest BCUT2D eigenvalue weighted by atomic mass is 9.72. The van der Waals surface area contributed by atoms with Gasteiger partial charge in [-0.3, -0.25) is 9.59 Å². The molecule has 0 N–H and O–H groups in total. The third-order valence-corrected chi connectivity index (χ3v) is 4.50. The Bertz CT molecular complexity index is 396. The van der Waals surface area contributed by atoms with E-state index in [9.17, 15) is 9.59 Å². The van der Waals surface area contributed by atoms with Crippen molar-refractivity contribution in [3.8, 4) is 0 Å². The first-order valence-corrected chi connectivity index (χ1v) is 7.36. The molecule has 0 aromatic rings. The molecule has 2 rings (SSSR count). The maximum atomic E-state index is 12.2. The molecule has 0 amide bonds. The van der Waals surface area contributed by atoms with E-state index in [0.717, 1.165) is 25.7 Å². The van der Waals surface area contributed by atoms with Gasteiger partial charge in [-0.25, -0.2) is 0 Å². The van der Waals surface area contributed by atoms with Crippen molar-refractivity contribution in [2.45, 2.75) is 58.7 Å². The van der Waals surface area contributed by atoms with Gasteiger partial charge in [-0.1, -0.05) is 6.08 Å². The third kappa shape index (κ3) is 2.89. The summed E-state index contributed by atoms with van der Waals surface area (Å²) in [5.41, 5.74) is -1.15. The Kier molecular flexibility index (Phi) is 3.94. The molecule has 0 spiro atoms. The van der Waals surface area contributed by atoms with Crippen LogP contribution in [0, 0.1) is 17.3 Å². The minimum atomic E-state index is -1.15. The molecular formula is C16H24O4. The van der Waals surface area contributed by atoms with Crippen LogP contribution in [0.3, 0.4) is 0 Å². The predicted molar refractivity (Wildman–Crippen MR) is 74.6 cm³/mol. The quantitative estimate of drug-likeness (QED) is 0.452. The van der Waals surface area contributed by atoms with Crippen molar-refractivity contribution in [2.75, 3.05) is 0 Å². The van der Waals surface area contributed by atoms with E-state index >= 15 is 0 Å². The second-order valence-corrected chi connectivity index (χ2v) is 6.73. The summed E-state index contributed by atoms with van der Waals surface area (Å²) in [5.74, 6) is -1.11. The number of carbonyl (C=O) groups is 2. The van der Waals surface area contributed by atoms with Gasteiger partial charge in [0.25, 0.3) is 5.79 Å². The third-order valence-electron chi connectivity index (χ3n) is 4.50. The molecule has 1 saturated heterocycles. The van der Waals surface area contributed by atoms with Crippen LogP contribution in [0.25, 0.3) is 0 Å². The number of allylic oxidation sites excluding steroid dienone is 1. The minimum Gasteiger partial charge on any atom is -0.422 e. The summed E-state index contributed by atoms with van der Waals surface area (Å²) < 4.78 is 10.5. The summed E-state index contributed by atoms with van der Waals surface area (Å²) in [7, 11) is 0. The van der Waals surface area contributed by atoms with E-state index in [1.54, 1.807) is 20.8 Å². The van der Waals surface area contributed by atoms with Crippen LogP contribution >= 0.6 is 0 Å². The molecule has 2 aliphatic rings. The Morgan fingerprint density at radius 2 is 1.60 bits per heavy atom. The summed E-state index contributed by atoms with van der Waals surface area (Å²) in [5, 5.41) is 0. The van der Waals surface area contributed by atoms with Gasteiger partial charge < -0.3 is 9.47 Å². The molecule has 0 unspecified atom stereocenters. The fourth-order valence-electron chi connectivity index (χ4n) is 3.15. The van der Waals surface area contributed by atoms with E-state index in [1.807, 2.05) is 6.08 Å². The fraction of sp³-hybridized carbons (Fsp3) is 0.750. The number of carbonyl (C=O) groups excluding carboxylic acids is 2. The molecule has 0 bridgehead atoms. The molecule has 2 fully saturated rings. The molecule has 1 aliphatic carbocycles. The van der Waals surface area contributed by atoms with Crippen molar-refractivity contribution in [3.05, 3.63) is 12.7 Å². The highest BCUT2D eigenvalue weighted by Crippen LogP contribution is 2.41. The highest BCUT2D eigenvalue weighted by Gasteiger charge is 2.53. The number of esters is 2. The largest absolute Gasteiger partial charge is 0.422 e. The average molecular weight is 280 g/mol. The maximum Gasteiger partial charge on any atom is 0.326 e. The normalized spacial score (nSPS) is 32.1. The Morgan fingerprint density at radius 3 is 2.05 bits per heavy atom. The maximum absolute atomic E-state index is 12.2. The Morgan fingerprint density at radius 1 is 1.10 bits per heavy atom. The average Bonchev–Trinajstić information content (AvgIpc) is 2.36. The molecule has 0 atom stereocenters. The second kappa shape index (κ2) is 5.23. The zero-order valence-electron chi connectivity index (χ0n) is 12.6. The van der Waals surface area contributed by atoms with Crippen molar-refractivity contribution in [3.63, 3.8) is 0 Å². The topological polar surface area (TPSA) is 52.6 Å². The predicted octanol–water partition coefficient (Wildman–Crippen LogP) is 3.21. The Balaban J connectivity index is 2.02. The number of hydrogen-bond acceptors (Lipinski definition) is 4. The van der Waals surface area contributed by atoms with E-state index in [-0.39, 0.29) is 0 Å². The number of ether oxygens (including phenoxy) is 2. The van der Waals surface area contributed by atoms with Crippen LogP contribution < -0.4 is 0 Å². The summed E-state index contributed by atoms with van der Waals surface area (Å²) >= 11 is 0. The van der Waals surface area contributed by atoms with Crippen molar-refractivity contribution in [1.82, 2.24) is 0 Å². The first-order chi connectivity index (χ1) is 9.27. The van der Waals surface area contributed by atoms with Gasteiger partial charge in [0.15, 0.2) is 5.41 Å². The number of cyclic esters (lactones) is 2. The standard InChI is InChI=1S/C16H24O4/c1-5-11-6-8-12(9-7-11)10-16(4)13(17)19-15(2,3)20-14(16)18/h5,11-12H,1,6-10H2,2-4H3. The summed E-state index contributed by atoms with van der Waals surface area (Å²) in [6, 6.07) is 0. The molecule has 1 aliphatic heterocycles. The lowest BCUT2D eigenvalue weighted by Gasteiger charge is -2.40. The van der Waals surface area contributed by atoms with Gasteiger partial charge in [-0.15, -0.1) is 6.58 Å². The lowest BCUT2D eigenvalue weighted by Crippen LogP contribution is -2.53. The van der Waals surface area contributed by atoms with Crippen LogP contribution in [0.2, 0.25) is 0 Å². The highest BCUT2D eigenvalue weighted by atomic mass is 16.7. The van der Waals surface area contributed by atoms with Crippen molar-refractivity contribution in [2.24, 2.45) is 17.3 Å². The van der Waals surface area contributed by atoms with Gasteiger partial charge in [0.05, 0.1) is 0 Å². The van der Waals surface area contributed by atoms with E-state index in [0.29, 0.717) is 18.3 Å². The summed E-state index contributed by atoms with van der Waals surface area (Å²) in [6.45, 7) is 8.64. The van der Waals surface area contributed by atoms with Gasteiger partial charge >= 0.3 is 11.9 Å². The van der Waals surface area contributed by atoms with Crippen LogP contribution in [0.4, 0.5) is 0 Å². The van der Waals surface area contributed by atoms with E-state index in [4.69, 9.17) is 9.47 Å². The zero-order valence-corrected chi connectivity index (χ0v) is 12.6. The molecule has 4 heteroatoms. The minimum absolute atomic E-state index is 0.373. The molecule has 1 saturated carbocycles. The van der Waals surface area contributed by atoms with Crippen LogP contribution in [-0.2, 0) is 19.1 Å². The Hall–Kier alpha value is -1.32. The van der Waals surface area contributed by atoms with Gasteiger partial charge in [-0.05, 0) is 50.9 Å². The molecule has 4 nitrogen and oxygen atoms in total. The lowest BCUT2D eigenvalue weighted by molar-refractivity contribution is -0.251. The van der Waals surface area contributed by atoms with Crippen molar-refractivity contribution in [1.29, 1.82) is 0 Å². The van der Waals surface area contributed by atoms with Crippen molar-refractivity contribution < 1.29 is 19.1 Å². The van der Waals surface area contributed by atoms with Gasteiger partial charge in [0.1, 0.15) is 0 Å². The van der Waals surface area contributed by atoms with E-state index < -0.39 is 23.1 Å². The monoisotopic (exact) mass is 280 g/mol. The first-order valence-electron chi connectivity index (χ1n) is 7.36. The first kappa shape index (κ1) is 15.1. The molecule has 1 heterocycles. The summed E-state index contributed by atoms with van der Waals surface area (Å²) in [6.07, 6.45) is 6.74. The van der Waals surface area contributed by atoms with E-state index in [2.05, 4.69) is 6.58 Å². The van der Waals surface area contributed by atoms with E-state index in [1.165, 1.54) is 0 Å². The SMILES string of the molecule is C=CC1CCC(CC2(C)C(=O)OC(C)(C)OC2=O)CC1. The molecule has 0 aromatic heterocycles. The van der Waals surface area contributed by atoms with Crippen LogP contribution in [0.5, 0.6) is 0 Å². The van der Waals surface area contributed by atoms with Crippen molar-refractivity contribution >= 4 is 11.9 Å². The smallest absolute Gasteiger partial charge is 0.326 e. The number of hydrogen-bond donors (Lipinski definition) is 0. The molecular weight excluding hydrogens is 256 g/mol. The molecule has 0 aromatic carbocycles. The molecule has 20 heavy (non-hydrogen) atoms. The van der Waals surface area contributed by atoms with Crippen LogP contribution in [-0.4, -0.2) is 17.7 Å². The zero-order chi connectivity index (χ0) is 15.0. The van der Waals surface area contributed by atoms with Gasteiger partial charge in [-0.2, -0.15) is 0 Å².